The van der Waals surface area contributed by atoms with Gasteiger partial charge >= 0.3 is 6.01 Å². The van der Waals surface area contributed by atoms with Crippen molar-refractivity contribution in [1.82, 2.24) is 9.97 Å². The van der Waals surface area contributed by atoms with Gasteiger partial charge in [-0.25, -0.2) is 9.97 Å². The number of rotatable bonds is 4. The van der Waals surface area contributed by atoms with Gasteiger partial charge in [0.2, 0.25) is 5.91 Å². The number of carbonyl (C=O) groups is 1. The third-order valence-corrected chi connectivity index (χ3v) is 2.30. The number of hydrogen-bond acceptors (Lipinski definition) is 6. The number of nitrogen functional groups attached to an aromatic ring is 1. The molecule has 4 N–H and O–H groups in total. The quantitative estimate of drug-likeness (QED) is 0.846. The van der Waals surface area contributed by atoms with Crippen LogP contribution in [0, 0.1) is 0 Å². The molecule has 0 saturated heterocycles. The number of hydrogen-bond donors (Lipinski definition) is 2. The summed E-state index contributed by atoms with van der Waals surface area (Å²) in [5, 5.41) is 0. The molecular weight excluding hydrogens is 248 g/mol. The van der Waals surface area contributed by atoms with Gasteiger partial charge in [-0.05, 0) is 18.2 Å². The monoisotopic (exact) mass is 260 g/mol. The maximum absolute atomic E-state index is 11.1. The highest BCUT2D eigenvalue weighted by atomic mass is 16.5. The van der Waals surface area contributed by atoms with Crippen LogP contribution in [0.15, 0.2) is 30.6 Å². The number of amides is 1. The van der Waals surface area contributed by atoms with Crippen LogP contribution in [-0.4, -0.2) is 23.0 Å². The van der Waals surface area contributed by atoms with E-state index in [1.165, 1.54) is 31.6 Å². The first-order valence-corrected chi connectivity index (χ1v) is 5.33. The molecule has 1 aromatic heterocycles. The van der Waals surface area contributed by atoms with Gasteiger partial charge in [0, 0.05) is 5.56 Å². The van der Waals surface area contributed by atoms with Crippen molar-refractivity contribution in [3.8, 4) is 17.5 Å². The van der Waals surface area contributed by atoms with Gasteiger partial charge in [0.25, 0.3) is 0 Å². The number of carbonyl (C=O) groups excluding carboxylic acids is 1. The standard InChI is InChI=1S/C12H12N4O3/c1-18-10-4-7(11(14)17)2-3-9(10)19-12-15-5-8(13)6-16-12/h2-6H,13H2,1H3,(H2,14,17). The Labute approximate surface area is 109 Å². The van der Waals surface area contributed by atoms with Crippen LogP contribution in [0.5, 0.6) is 17.5 Å². The van der Waals surface area contributed by atoms with E-state index in [4.69, 9.17) is 20.9 Å². The molecule has 0 spiro atoms. The minimum Gasteiger partial charge on any atom is -0.493 e. The average molecular weight is 260 g/mol. The average Bonchev–Trinajstić information content (AvgIpc) is 2.41. The third kappa shape index (κ3) is 2.89. The van der Waals surface area contributed by atoms with E-state index < -0.39 is 5.91 Å². The second kappa shape index (κ2) is 5.21. The molecule has 0 aliphatic rings. The first-order valence-electron chi connectivity index (χ1n) is 5.33. The van der Waals surface area contributed by atoms with Crippen LogP contribution < -0.4 is 20.9 Å². The molecule has 1 heterocycles. The molecule has 1 aromatic carbocycles. The van der Waals surface area contributed by atoms with Crippen LogP contribution in [-0.2, 0) is 0 Å². The van der Waals surface area contributed by atoms with Crippen LogP contribution in [0.1, 0.15) is 10.4 Å². The Bertz CT molecular complexity index is 598. The SMILES string of the molecule is COc1cc(C(N)=O)ccc1Oc1ncc(N)cn1. The van der Waals surface area contributed by atoms with Gasteiger partial charge in [-0.1, -0.05) is 0 Å². The molecule has 0 aliphatic carbocycles. The third-order valence-electron chi connectivity index (χ3n) is 2.30. The second-order valence-electron chi connectivity index (χ2n) is 3.63. The summed E-state index contributed by atoms with van der Waals surface area (Å²) in [4.78, 5) is 18.9. The number of primary amides is 1. The predicted molar refractivity (Wildman–Crippen MR) is 68.0 cm³/mol. The molecule has 0 fully saturated rings. The Morgan fingerprint density at radius 2 is 1.89 bits per heavy atom. The summed E-state index contributed by atoms with van der Waals surface area (Å²) in [6.45, 7) is 0. The van der Waals surface area contributed by atoms with Gasteiger partial charge in [0.1, 0.15) is 0 Å². The van der Waals surface area contributed by atoms with Crippen molar-refractivity contribution in [2.45, 2.75) is 0 Å². The van der Waals surface area contributed by atoms with Crippen LogP contribution in [0.25, 0.3) is 0 Å². The van der Waals surface area contributed by atoms with Crippen LogP contribution >= 0.6 is 0 Å². The first kappa shape index (κ1) is 12.6. The van der Waals surface area contributed by atoms with Crippen molar-refractivity contribution >= 4 is 11.6 Å². The van der Waals surface area contributed by atoms with Crippen molar-refractivity contribution in [1.29, 1.82) is 0 Å². The summed E-state index contributed by atoms with van der Waals surface area (Å²) >= 11 is 0. The molecule has 98 valence electrons. The fraction of sp³-hybridized carbons (Fsp3) is 0.0833. The molecule has 7 nitrogen and oxygen atoms in total. The molecule has 1 amide bonds. The van der Waals surface area contributed by atoms with Crippen LogP contribution in [0.2, 0.25) is 0 Å². The number of ether oxygens (including phenoxy) is 2. The molecule has 2 rings (SSSR count). The normalized spacial score (nSPS) is 9.95. The van der Waals surface area contributed by atoms with Gasteiger partial charge in [0.15, 0.2) is 11.5 Å². The number of benzene rings is 1. The minimum atomic E-state index is -0.548. The van der Waals surface area contributed by atoms with Crippen LogP contribution in [0.4, 0.5) is 5.69 Å². The zero-order chi connectivity index (χ0) is 13.8. The topological polar surface area (TPSA) is 113 Å². The van der Waals surface area contributed by atoms with Gasteiger partial charge in [0.05, 0.1) is 25.2 Å². The van der Waals surface area contributed by atoms with E-state index in [1.807, 2.05) is 0 Å². The van der Waals surface area contributed by atoms with E-state index in [1.54, 1.807) is 6.07 Å². The predicted octanol–water partition coefficient (Wildman–Crippen LogP) is 0.959. The van der Waals surface area contributed by atoms with E-state index >= 15 is 0 Å². The Balaban J connectivity index is 2.29. The van der Waals surface area contributed by atoms with Crippen molar-refractivity contribution in [3.05, 3.63) is 36.2 Å². The molecule has 0 radical (unpaired) electrons. The van der Waals surface area contributed by atoms with E-state index in [2.05, 4.69) is 9.97 Å². The van der Waals surface area contributed by atoms with Crippen molar-refractivity contribution < 1.29 is 14.3 Å². The van der Waals surface area contributed by atoms with Crippen LogP contribution in [0.3, 0.4) is 0 Å². The minimum absolute atomic E-state index is 0.124. The maximum Gasteiger partial charge on any atom is 0.322 e. The Morgan fingerprint density at radius 1 is 1.21 bits per heavy atom. The Hall–Kier alpha value is -2.83. The van der Waals surface area contributed by atoms with Crippen molar-refractivity contribution in [2.24, 2.45) is 5.73 Å². The first-order chi connectivity index (χ1) is 9.10. The smallest absolute Gasteiger partial charge is 0.322 e. The summed E-state index contributed by atoms with van der Waals surface area (Å²) < 4.78 is 10.6. The molecule has 0 aliphatic heterocycles. The lowest BCUT2D eigenvalue weighted by atomic mass is 10.2. The number of aromatic nitrogens is 2. The molecule has 0 unspecified atom stereocenters. The maximum atomic E-state index is 11.1. The molecule has 19 heavy (non-hydrogen) atoms. The molecule has 2 aromatic rings. The number of methoxy groups -OCH3 is 1. The van der Waals surface area contributed by atoms with Crippen molar-refractivity contribution in [3.63, 3.8) is 0 Å². The zero-order valence-corrected chi connectivity index (χ0v) is 10.2. The van der Waals surface area contributed by atoms with E-state index in [-0.39, 0.29) is 6.01 Å². The van der Waals surface area contributed by atoms with E-state index in [0.717, 1.165) is 0 Å². The lowest BCUT2D eigenvalue weighted by Gasteiger charge is -2.09. The summed E-state index contributed by atoms with van der Waals surface area (Å²) in [5.74, 6) is 0.183. The summed E-state index contributed by atoms with van der Waals surface area (Å²) in [7, 11) is 1.46. The highest BCUT2D eigenvalue weighted by molar-refractivity contribution is 5.93. The Kier molecular flexibility index (Phi) is 3.46. The summed E-state index contributed by atoms with van der Waals surface area (Å²) in [6, 6.07) is 4.68. The number of nitrogens with two attached hydrogens (primary N) is 2. The largest absolute Gasteiger partial charge is 0.493 e. The molecule has 0 bridgehead atoms. The lowest BCUT2D eigenvalue weighted by molar-refractivity contribution is 0.1000. The summed E-state index contributed by atoms with van der Waals surface area (Å²) in [6.07, 6.45) is 2.85. The highest BCUT2D eigenvalue weighted by Crippen LogP contribution is 2.30. The lowest BCUT2D eigenvalue weighted by Crippen LogP contribution is -2.10. The second-order valence-corrected chi connectivity index (χ2v) is 3.63. The zero-order valence-electron chi connectivity index (χ0n) is 10.2. The number of anilines is 1. The van der Waals surface area contributed by atoms with E-state index in [0.29, 0.717) is 22.7 Å². The number of nitrogens with zero attached hydrogens (tertiary/aromatic N) is 2. The fourth-order valence-corrected chi connectivity index (χ4v) is 1.38. The molecule has 0 atom stereocenters. The Morgan fingerprint density at radius 3 is 2.47 bits per heavy atom. The van der Waals surface area contributed by atoms with E-state index in [9.17, 15) is 4.79 Å². The van der Waals surface area contributed by atoms with Gasteiger partial charge in [-0.15, -0.1) is 0 Å². The van der Waals surface area contributed by atoms with Gasteiger partial charge in [-0.2, -0.15) is 0 Å². The molecule has 0 saturated carbocycles. The van der Waals surface area contributed by atoms with Crippen molar-refractivity contribution in [2.75, 3.05) is 12.8 Å². The van der Waals surface area contributed by atoms with Gasteiger partial charge in [-0.3, -0.25) is 4.79 Å². The highest BCUT2D eigenvalue weighted by Gasteiger charge is 2.10. The summed E-state index contributed by atoms with van der Waals surface area (Å²) in [5.41, 5.74) is 11.4. The van der Waals surface area contributed by atoms with Gasteiger partial charge < -0.3 is 20.9 Å². The fourth-order valence-electron chi connectivity index (χ4n) is 1.38. The molecular formula is C12H12N4O3. The molecule has 7 heteroatoms.